The van der Waals surface area contributed by atoms with Gasteiger partial charge in [0.1, 0.15) is 5.75 Å². The lowest BCUT2D eigenvalue weighted by molar-refractivity contribution is 0.416. The average Bonchev–Trinajstić information content (AvgIpc) is 2.39. The van der Waals surface area contributed by atoms with Gasteiger partial charge in [0, 0.05) is 23.5 Å². The lowest BCUT2D eigenvalue weighted by Gasteiger charge is -2.12. The normalized spacial score (nSPS) is 9.79. The van der Waals surface area contributed by atoms with E-state index in [0.717, 1.165) is 28.0 Å². The Balaban J connectivity index is 2.49. The molecular formula is C14H14N4O. The first-order chi connectivity index (χ1) is 9.15. The summed E-state index contributed by atoms with van der Waals surface area (Å²) in [4.78, 5) is 8.17. The predicted molar refractivity (Wildman–Crippen MR) is 72.7 cm³/mol. The molecule has 1 aromatic heterocycles. The van der Waals surface area contributed by atoms with E-state index in [1.165, 1.54) is 0 Å². The van der Waals surface area contributed by atoms with E-state index >= 15 is 0 Å². The fraction of sp³-hybridized carbons (Fsp3) is 0.214. The molecular weight excluding hydrogens is 240 g/mol. The number of nitriles is 1. The molecule has 0 spiro atoms. The third-order valence-electron chi connectivity index (χ3n) is 2.77. The minimum absolute atomic E-state index is 0.287. The van der Waals surface area contributed by atoms with E-state index in [4.69, 9.17) is 10.00 Å². The van der Waals surface area contributed by atoms with Crippen LogP contribution in [0.25, 0.3) is 11.1 Å². The summed E-state index contributed by atoms with van der Waals surface area (Å²) in [6.45, 7) is 4.04. The highest BCUT2D eigenvalue weighted by Gasteiger charge is 2.11. The third kappa shape index (κ3) is 2.63. The van der Waals surface area contributed by atoms with E-state index in [0.29, 0.717) is 0 Å². The maximum atomic E-state index is 8.50. The number of nitrogens with one attached hydrogen (secondary N) is 1. The number of methoxy groups -OCH3 is 1. The molecule has 1 heterocycles. The van der Waals surface area contributed by atoms with Gasteiger partial charge in [-0.2, -0.15) is 5.26 Å². The number of rotatable bonds is 3. The maximum Gasteiger partial charge on any atom is 0.236 e. The van der Waals surface area contributed by atoms with Crippen LogP contribution in [0.15, 0.2) is 24.5 Å². The molecule has 19 heavy (non-hydrogen) atoms. The summed E-state index contributed by atoms with van der Waals surface area (Å²) < 4.78 is 5.42. The van der Waals surface area contributed by atoms with Gasteiger partial charge in [-0.15, -0.1) is 0 Å². The van der Waals surface area contributed by atoms with Crippen LogP contribution in [0.2, 0.25) is 0 Å². The lowest BCUT2D eigenvalue weighted by Crippen LogP contribution is -1.97. The standard InChI is InChI=1S/C14H14N4O/c1-9-4-10(2)13(12(5-9)19-3)11-6-16-14(17-7-11)18-8-15/h4-7H,1-3H3,(H,16,17,18). The molecule has 0 aliphatic rings. The Morgan fingerprint density at radius 1 is 1.21 bits per heavy atom. The number of aromatic nitrogens is 2. The van der Waals surface area contributed by atoms with Gasteiger partial charge in [-0.05, 0) is 31.0 Å². The van der Waals surface area contributed by atoms with Crippen molar-refractivity contribution in [1.82, 2.24) is 9.97 Å². The van der Waals surface area contributed by atoms with Crippen molar-refractivity contribution in [3.63, 3.8) is 0 Å². The molecule has 0 atom stereocenters. The Morgan fingerprint density at radius 3 is 2.47 bits per heavy atom. The first-order valence-corrected chi connectivity index (χ1v) is 5.78. The Hall–Kier alpha value is -2.61. The molecule has 0 radical (unpaired) electrons. The molecule has 2 rings (SSSR count). The van der Waals surface area contributed by atoms with Gasteiger partial charge in [-0.3, -0.25) is 5.32 Å². The van der Waals surface area contributed by atoms with Crippen molar-refractivity contribution in [1.29, 1.82) is 5.26 Å². The second-order valence-corrected chi connectivity index (χ2v) is 4.19. The van der Waals surface area contributed by atoms with Crippen LogP contribution >= 0.6 is 0 Å². The van der Waals surface area contributed by atoms with Crippen molar-refractivity contribution in [3.8, 4) is 23.1 Å². The van der Waals surface area contributed by atoms with Crippen LogP contribution in [0, 0.1) is 25.3 Å². The van der Waals surface area contributed by atoms with Gasteiger partial charge in [0.25, 0.3) is 0 Å². The monoisotopic (exact) mass is 254 g/mol. The number of anilines is 1. The molecule has 5 heteroatoms. The van der Waals surface area contributed by atoms with Crippen molar-refractivity contribution in [2.24, 2.45) is 0 Å². The van der Waals surface area contributed by atoms with Crippen LogP contribution in [0.5, 0.6) is 5.75 Å². The summed E-state index contributed by atoms with van der Waals surface area (Å²) in [7, 11) is 1.64. The van der Waals surface area contributed by atoms with E-state index in [9.17, 15) is 0 Å². The number of aryl methyl sites for hydroxylation is 2. The quantitative estimate of drug-likeness (QED) is 0.673. The molecule has 0 saturated heterocycles. The average molecular weight is 254 g/mol. The summed E-state index contributed by atoms with van der Waals surface area (Å²) in [5.74, 6) is 1.08. The van der Waals surface area contributed by atoms with Crippen molar-refractivity contribution < 1.29 is 4.74 Å². The minimum Gasteiger partial charge on any atom is -0.496 e. The molecule has 1 aromatic carbocycles. The van der Waals surface area contributed by atoms with Crippen LogP contribution < -0.4 is 10.1 Å². The Labute approximate surface area is 111 Å². The number of hydrogen-bond donors (Lipinski definition) is 1. The zero-order chi connectivity index (χ0) is 13.8. The van der Waals surface area contributed by atoms with E-state index in [-0.39, 0.29) is 5.95 Å². The van der Waals surface area contributed by atoms with Crippen LogP contribution in [-0.2, 0) is 0 Å². The fourth-order valence-electron chi connectivity index (χ4n) is 2.03. The molecule has 0 fully saturated rings. The molecule has 0 bridgehead atoms. The molecule has 2 aromatic rings. The predicted octanol–water partition coefficient (Wildman–Crippen LogP) is 2.66. The summed E-state index contributed by atoms with van der Waals surface area (Å²) in [6.07, 6.45) is 5.13. The molecule has 1 N–H and O–H groups in total. The van der Waals surface area contributed by atoms with Gasteiger partial charge in [0.05, 0.1) is 7.11 Å². The Kier molecular flexibility index (Phi) is 3.62. The highest BCUT2D eigenvalue weighted by molar-refractivity contribution is 5.73. The smallest absolute Gasteiger partial charge is 0.236 e. The lowest BCUT2D eigenvalue weighted by atomic mass is 9.99. The summed E-state index contributed by atoms with van der Waals surface area (Å²) in [6, 6.07) is 4.06. The van der Waals surface area contributed by atoms with E-state index < -0.39 is 0 Å². The zero-order valence-electron chi connectivity index (χ0n) is 11.1. The highest BCUT2D eigenvalue weighted by atomic mass is 16.5. The topological polar surface area (TPSA) is 70.8 Å². The molecule has 0 aliphatic heterocycles. The third-order valence-corrected chi connectivity index (χ3v) is 2.77. The van der Waals surface area contributed by atoms with Gasteiger partial charge in [0.2, 0.25) is 5.95 Å². The van der Waals surface area contributed by atoms with E-state index in [2.05, 4.69) is 21.4 Å². The molecule has 96 valence electrons. The molecule has 0 saturated carbocycles. The van der Waals surface area contributed by atoms with Gasteiger partial charge in [0.15, 0.2) is 6.19 Å². The molecule has 5 nitrogen and oxygen atoms in total. The van der Waals surface area contributed by atoms with Crippen LogP contribution in [0.1, 0.15) is 11.1 Å². The second-order valence-electron chi connectivity index (χ2n) is 4.19. The number of benzene rings is 1. The first-order valence-electron chi connectivity index (χ1n) is 5.78. The number of ether oxygens (including phenoxy) is 1. The van der Waals surface area contributed by atoms with Crippen molar-refractivity contribution in [3.05, 3.63) is 35.7 Å². The zero-order valence-corrected chi connectivity index (χ0v) is 11.1. The second kappa shape index (κ2) is 5.36. The first kappa shape index (κ1) is 12.8. The van der Waals surface area contributed by atoms with Crippen LogP contribution in [0.3, 0.4) is 0 Å². The molecule has 0 unspecified atom stereocenters. The largest absolute Gasteiger partial charge is 0.496 e. The van der Waals surface area contributed by atoms with Crippen LogP contribution in [0.4, 0.5) is 5.95 Å². The van der Waals surface area contributed by atoms with Gasteiger partial charge >= 0.3 is 0 Å². The minimum atomic E-state index is 0.287. The maximum absolute atomic E-state index is 8.50. The van der Waals surface area contributed by atoms with E-state index in [1.807, 2.05) is 19.9 Å². The highest BCUT2D eigenvalue weighted by Crippen LogP contribution is 2.33. The Bertz CT molecular complexity index is 629. The number of hydrogen-bond acceptors (Lipinski definition) is 5. The van der Waals surface area contributed by atoms with Crippen molar-refractivity contribution in [2.45, 2.75) is 13.8 Å². The fourth-order valence-corrected chi connectivity index (χ4v) is 2.03. The van der Waals surface area contributed by atoms with Gasteiger partial charge in [-0.25, -0.2) is 9.97 Å². The number of nitrogens with zero attached hydrogens (tertiary/aromatic N) is 3. The summed E-state index contributed by atoms with van der Waals surface area (Å²) >= 11 is 0. The summed E-state index contributed by atoms with van der Waals surface area (Å²) in [5.41, 5.74) is 4.07. The summed E-state index contributed by atoms with van der Waals surface area (Å²) in [5, 5.41) is 10.9. The molecule has 0 amide bonds. The van der Waals surface area contributed by atoms with Crippen LogP contribution in [-0.4, -0.2) is 17.1 Å². The van der Waals surface area contributed by atoms with Crippen molar-refractivity contribution >= 4 is 5.95 Å². The van der Waals surface area contributed by atoms with E-state index in [1.54, 1.807) is 25.7 Å². The Morgan fingerprint density at radius 2 is 1.89 bits per heavy atom. The van der Waals surface area contributed by atoms with Gasteiger partial charge < -0.3 is 4.74 Å². The SMILES string of the molecule is COc1cc(C)cc(C)c1-c1cnc(NC#N)nc1. The van der Waals surface area contributed by atoms with Gasteiger partial charge in [-0.1, -0.05) is 6.07 Å². The molecule has 0 aliphatic carbocycles. The van der Waals surface area contributed by atoms with Crippen molar-refractivity contribution in [2.75, 3.05) is 12.4 Å².